The van der Waals surface area contributed by atoms with Gasteiger partial charge in [-0.15, -0.1) is 0 Å². The molecule has 10 heteroatoms. The number of benzene rings is 1. The molecule has 1 aromatic rings. The molecule has 1 fully saturated rings. The van der Waals surface area contributed by atoms with Crippen LogP contribution < -0.4 is 10.1 Å². The van der Waals surface area contributed by atoms with Crippen LogP contribution in [-0.4, -0.2) is 49.4 Å². The molecule has 32 heavy (non-hydrogen) atoms. The Morgan fingerprint density at radius 1 is 1.12 bits per heavy atom. The quantitative estimate of drug-likeness (QED) is 0.673. The van der Waals surface area contributed by atoms with Crippen LogP contribution in [0.3, 0.4) is 0 Å². The fraction of sp³-hybridized carbons (Fsp3) is 0.409. The van der Waals surface area contributed by atoms with Crippen LogP contribution in [0.2, 0.25) is 0 Å². The van der Waals surface area contributed by atoms with Crippen molar-refractivity contribution in [2.24, 2.45) is 0 Å². The number of allylic oxidation sites excluding steroid dienone is 1. The van der Waals surface area contributed by atoms with Crippen molar-refractivity contribution in [2.75, 3.05) is 14.2 Å². The number of alkyl halides is 6. The summed E-state index contributed by atoms with van der Waals surface area (Å²) in [5, 5.41) is 2.34. The standard InChI is InChI=1S/C22H20F6N2O2/c1-30-12(10-21(23,24)25)5-8-14-15-9-16(31)29-19(15)18(22(26,27)28)17(20(14)30)11-3-6-13(32-2)7-4-11/h3-8,12,17,20H,9-10H2,1-2H3,(H,29,31)/t12-,17?,20-/m0/s1. The van der Waals surface area contributed by atoms with E-state index < -0.39 is 48.3 Å². The maximum absolute atomic E-state index is 14.4. The summed E-state index contributed by atoms with van der Waals surface area (Å²) in [7, 11) is 2.81. The topological polar surface area (TPSA) is 41.6 Å². The van der Waals surface area contributed by atoms with E-state index in [2.05, 4.69) is 5.32 Å². The van der Waals surface area contributed by atoms with Gasteiger partial charge < -0.3 is 10.1 Å². The molecule has 172 valence electrons. The van der Waals surface area contributed by atoms with Crippen LogP contribution in [0.4, 0.5) is 26.3 Å². The maximum Gasteiger partial charge on any atom is 0.415 e. The number of rotatable bonds is 3. The van der Waals surface area contributed by atoms with Crippen molar-refractivity contribution >= 4 is 5.91 Å². The second kappa shape index (κ2) is 7.68. The Morgan fingerprint density at radius 3 is 2.34 bits per heavy atom. The highest BCUT2D eigenvalue weighted by Crippen LogP contribution is 2.52. The molecule has 4 nitrogen and oxygen atoms in total. The number of hydrogen-bond acceptors (Lipinski definition) is 3. The molecule has 1 N–H and O–H groups in total. The minimum absolute atomic E-state index is 0.186. The number of fused-ring (bicyclic) bond motifs is 2. The van der Waals surface area contributed by atoms with E-state index in [1.54, 1.807) is 0 Å². The van der Waals surface area contributed by atoms with Gasteiger partial charge in [-0.25, -0.2) is 0 Å². The first-order valence-corrected chi connectivity index (χ1v) is 9.86. The second-order valence-electron chi connectivity index (χ2n) is 8.05. The van der Waals surface area contributed by atoms with Crippen LogP contribution in [0.15, 0.2) is 58.8 Å². The number of ether oxygens (including phenoxy) is 1. The highest BCUT2D eigenvalue weighted by Gasteiger charge is 2.53. The first-order valence-electron chi connectivity index (χ1n) is 9.86. The van der Waals surface area contributed by atoms with E-state index in [0.29, 0.717) is 11.3 Å². The molecule has 1 amide bonds. The lowest BCUT2D eigenvalue weighted by atomic mass is 9.71. The van der Waals surface area contributed by atoms with Crippen molar-refractivity contribution in [3.8, 4) is 5.75 Å². The van der Waals surface area contributed by atoms with Gasteiger partial charge in [0.05, 0.1) is 31.2 Å². The van der Waals surface area contributed by atoms with Crippen LogP contribution in [-0.2, 0) is 4.79 Å². The SMILES string of the molecule is COc1ccc(C2C(C(F)(F)F)=C3NC(=O)CC3=C3C=C[C@@H](CC(F)(F)F)N(C)[C@@H]32)cc1. The molecule has 0 bridgehead atoms. The number of likely N-dealkylation sites (N-methyl/N-ethyl adjacent to an activating group) is 1. The van der Waals surface area contributed by atoms with Gasteiger partial charge in [-0.1, -0.05) is 24.3 Å². The summed E-state index contributed by atoms with van der Waals surface area (Å²) in [6.07, 6.45) is -7.95. The van der Waals surface area contributed by atoms with Crippen molar-refractivity contribution in [1.29, 1.82) is 0 Å². The summed E-state index contributed by atoms with van der Waals surface area (Å²) >= 11 is 0. The number of nitrogens with one attached hydrogen (secondary N) is 1. The molecule has 0 radical (unpaired) electrons. The van der Waals surface area contributed by atoms with Gasteiger partial charge in [-0.05, 0) is 35.9 Å². The van der Waals surface area contributed by atoms with Crippen LogP contribution in [0.1, 0.15) is 24.3 Å². The van der Waals surface area contributed by atoms with E-state index in [1.165, 1.54) is 55.5 Å². The molecule has 2 aliphatic heterocycles. The van der Waals surface area contributed by atoms with E-state index in [0.717, 1.165) is 0 Å². The minimum atomic E-state index is -4.81. The van der Waals surface area contributed by atoms with Gasteiger partial charge in [0.1, 0.15) is 5.75 Å². The molecule has 3 atom stereocenters. The van der Waals surface area contributed by atoms with E-state index >= 15 is 0 Å². The van der Waals surface area contributed by atoms with Gasteiger partial charge in [0.15, 0.2) is 0 Å². The molecule has 1 unspecified atom stereocenters. The lowest BCUT2D eigenvalue weighted by Gasteiger charge is -2.46. The number of nitrogens with zero attached hydrogens (tertiary/aromatic N) is 1. The predicted molar refractivity (Wildman–Crippen MR) is 104 cm³/mol. The third-order valence-electron chi connectivity index (χ3n) is 6.15. The van der Waals surface area contributed by atoms with Crippen LogP contribution in [0, 0.1) is 0 Å². The summed E-state index contributed by atoms with van der Waals surface area (Å²) in [4.78, 5) is 13.4. The van der Waals surface area contributed by atoms with Gasteiger partial charge in [-0.3, -0.25) is 9.69 Å². The Labute approximate surface area is 180 Å². The van der Waals surface area contributed by atoms with Crippen molar-refractivity contribution in [1.82, 2.24) is 10.2 Å². The average Bonchev–Trinajstić information content (AvgIpc) is 3.08. The summed E-state index contributed by atoms with van der Waals surface area (Å²) in [5.41, 5.74) is -0.368. The van der Waals surface area contributed by atoms with Crippen molar-refractivity contribution in [3.05, 3.63) is 64.4 Å². The third-order valence-corrected chi connectivity index (χ3v) is 6.15. The average molecular weight is 458 g/mol. The van der Waals surface area contributed by atoms with Crippen molar-refractivity contribution in [2.45, 2.75) is 43.2 Å². The maximum atomic E-state index is 14.4. The monoisotopic (exact) mass is 458 g/mol. The molecule has 0 spiro atoms. The van der Waals surface area contributed by atoms with E-state index in [-0.39, 0.29) is 23.3 Å². The molecule has 2 heterocycles. The van der Waals surface area contributed by atoms with Gasteiger partial charge in [0, 0.05) is 18.0 Å². The normalized spacial score (nSPS) is 26.2. The molecular formula is C22H20F6N2O2. The predicted octanol–water partition coefficient (Wildman–Crippen LogP) is 4.62. The number of hydrogen-bond donors (Lipinski definition) is 1. The minimum Gasteiger partial charge on any atom is -0.497 e. The molecule has 4 rings (SSSR count). The zero-order chi connectivity index (χ0) is 23.4. The Hall–Kier alpha value is -2.75. The molecular weight excluding hydrogens is 438 g/mol. The number of methoxy groups -OCH3 is 1. The molecule has 1 saturated heterocycles. The summed E-state index contributed by atoms with van der Waals surface area (Å²) in [6, 6.07) is 3.80. The molecule has 0 aromatic heterocycles. The van der Waals surface area contributed by atoms with Gasteiger partial charge in [0.25, 0.3) is 0 Å². The first kappa shape index (κ1) is 22.4. The lowest BCUT2D eigenvalue weighted by molar-refractivity contribution is -0.145. The Morgan fingerprint density at radius 2 is 1.78 bits per heavy atom. The zero-order valence-electron chi connectivity index (χ0n) is 17.1. The highest BCUT2D eigenvalue weighted by atomic mass is 19.4. The largest absolute Gasteiger partial charge is 0.497 e. The lowest BCUT2D eigenvalue weighted by Crippen LogP contribution is -2.51. The van der Waals surface area contributed by atoms with Crippen molar-refractivity contribution < 1.29 is 35.9 Å². The Kier molecular flexibility index (Phi) is 5.39. The fourth-order valence-corrected chi connectivity index (χ4v) is 4.79. The molecule has 1 aliphatic carbocycles. The summed E-state index contributed by atoms with van der Waals surface area (Å²) in [6.45, 7) is 0. The van der Waals surface area contributed by atoms with Crippen LogP contribution >= 0.6 is 0 Å². The van der Waals surface area contributed by atoms with Gasteiger partial charge in [-0.2, -0.15) is 26.3 Å². The van der Waals surface area contributed by atoms with E-state index in [9.17, 15) is 31.1 Å². The molecule has 1 aromatic carbocycles. The van der Waals surface area contributed by atoms with Crippen LogP contribution in [0.5, 0.6) is 5.75 Å². The number of amides is 1. The molecule has 0 saturated carbocycles. The van der Waals surface area contributed by atoms with E-state index in [1.807, 2.05) is 0 Å². The fourth-order valence-electron chi connectivity index (χ4n) is 4.79. The smallest absolute Gasteiger partial charge is 0.415 e. The van der Waals surface area contributed by atoms with Gasteiger partial charge >= 0.3 is 12.4 Å². The third kappa shape index (κ3) is 3.92. The zero-order valence-corrected chi connectivity index (χ0v) is 17.1. The highest BCUT2D eigenvalue weighted by molar-refractivity contribution is 5.89. The number of halogens is 6. The second-order valence-corrected chi connectivity index (χ2v) is 8.05. The molecule has 3 aliphatic rings. The first-order chi connectivity index (χ1) is 14.9. The number of carbonyl (C=O) groups is 1. The van der Waals surface area contributed by atoms with E-state index in [4.69, 9.17) is 4.74 Å². The Bertz CT molecular complexity index is 1020. The summed E-state index contributed by atoms with van der Waals surface area (Å²) < 4.78 is 87.6. The number of carbonyl (C=O) groups excluding carboxylic acids is 1. The van der Waals surface area contributed by atoms with Gasteiger partial charge in [0.2, 0.25) is 5.91 Å². The Balaban J connectivity index is 1.93. The van der Waals surface area contributed by atoms with Crippen LogP contribution in [0.25, 0.3) is 0 Å². The summed E-state index contributed by atoms with van der Waals surface area (Å²) in [5.74, 6) is -1.48. The van der Waals surface area contributed by atoms with Crippen molar-refractivity contribution in [3.63, 3.8) is 0 Å².